The van der Waals surface area contributed by atoms with Crippen LogP contribution in [0.2, 0.25) is 0 Å². The summed E-state index contributed by atoms with van der Waals surface area (Å²) in [5.41, 5.74) is 5.06. The van der Waals surface area contributed by atoms with Gasteiger partial charge in [0.05, 0.1) is 6.10 Å². The van der Waals surface area contributed by atoms with Gasteiger partial charge in [-0.3, -0.25) is 4.57 Å². The first-order chi connectivity index (χ1) is 7.20. The number of halogens is 1. The Morgan fingerprint density at radius 3 is 3.07 bits per heavy atom. The van der Waals surface area contributed by atoms with E-state index in [0.29, 0.717) is 0 Å². The number of hydrogen-bond acceptors (Lipinski definition) is 4. The monoisotopic (exact) mass is 273 g/mol. The van der Waals surface area contributed by atoms with Crippen molar-refractivity contribution in [1.82, 2.24) is 9.55 Å². The van der Waals surface area contributed by atoms with Crippen LogP contribution in [0.15, 0.2) is 17.1 Å². The summed E-state index contributed by atoms with van der Waals surface area (Å²) in [6.07, 6.45) is 3.40. The van der Waals surface area contributed by atoms with Gasteiger partial charge in [0.15, 0.2) is 0 Å². The molecule has 2 atom stereocenters. The molecule has 0 unspecified atom stereocenters. The molecule has 1 aliphatic heterocycles. The molecule has 2 rings (SSSR count). The topological polar surface area (TPSA) is 70.1 Å². The molecule has 1 saturated heterocycles. The minimum Gasteiger partial charge on any atom is -0.383 e. The van der Waals surface area contributed by atoms with E-state index >= 15 is 0 Å². The molecule has 1 fully saturated rings. The van der Waals surface area contributed by atoms with Gasteiger partial charge in [0.1, 0.15) is 12.0 Å². The lowest BCUT2D eigenvalue weighted by molar-refractivity contribution is 0.0107. The molecule has 0 bridgehead atoms. The first-order valence-electron chi connectivity index (χ1n) is 4.77. The SMILES string of the molecule is Nc1ccn([C@H]2CC[C@H](CBr)O2)c(=O)n1. The van der Waals surface area contributed by atoms with Crippen LogP contribution in [0.25, 0.3) is 0 Å². The van der Waals surface area contributed by atoms with Gasteiger partial charge in [0.2, 0.25) is 0 Å². The van der Waals surface area contributed by atoms with Gasteiger partial charge in [-0.05, 0) is 18.9 Å². The lowest BCUT2D eigenvalue weighted by atomic mass is 10.2. The molecule has 2 N–H and O–H groups in total. The molecule has 15 heavy (non-hydrogen) atoms. The normalized spacial score (nSPS) is 25.7. The Morgan fingerprint density at radius 1 is 1.67 bits per heavy atom. The fourth-order valence-electron chi connectivity index (χ4n) is 1.65. The fraction of sp³-hybridized carbons (Fsp3) is 0.556. The highest BCUT2D eigenvalue weighted by molar-refractivity contribution is 9.09. The van der Waals surface area contributed by atoms with Gasteiger partial charge in [-0.25, -0.2) is 4.79 Å². The summed E-state index contributed by atoms with van der Waals surface area (Å²) in [4.78, 5) is 15.2. The smallest absolute Gasteiger partial charge is 0.351 e. The summed E-state index contributed by atoms with van der Waals surface area (Å²) >= 11 is 3.36. The summed E-state index contributed by atoms with van der Waals surface area (Å²) < 4.78 is 7.14. The van der Waals surface area contributed by atoms with Crippen LogP contribution in [0.3, 0.4) is 0 Å². The van der Waals surface area contributed by atoms with Crippen molar-refractivity contribution in [3.63, 3.8) is 0 Å². The van der Waals surface area contributed by atoms with Crippen molar-refractivity contribution in [2.45, 2.75) is 25.2 Å². The predicted molar refractivity (Wildman–Crippen MR) is 59.8 cm³/mol. The maximum absolute atomic E-state index is 11.5. The van der Waals surface area contributed by atoms with Crippen LogP contribution in [0.5, 0.6) is 0 Å². The van der Waals surface area contributed by atoms with Gasteiger partial charge < -0.3 is 10.5 Å². The van der Waals surface area contributed by atoms with E-state index in [2.05, 4.69) is 20.9 Å². The lowest BCUT2D eigenvalue weighted by Gasteiger charge is -2.14. The number of nitrogens with zero attached hydrogens (tertiary/aromatic N) is 2. The van der Waals surface area contributed by atoms with Crippen molar-refractivity contribution in [2.75, 3.05) is 11.1 Å². The number of rotatable bonds is 2. The van der Waals surface area contributed by atoms with Crippen LogP contribution in [0.1, 0.15) is 19.1 Å². The molecule has 5 nitrogen and oxygen atoms in total. The van der Waals surface area contributed by atoms with Crippen LogP contribution >= 0.6 is 15.9 Å². The summed E-state index contributed by atoms with van der Waals surface area (Å²) in [5.74, 6) is 0.242. The Kier molecular flexibility index (Phi) is 3.06. The number of nitrogens with two attached hydrogens (primary N) is 1. The third-order valence-corrected chi connectivity index (χ3v) is 3.14. The molecule has 1 aliphatic rings. The molecule has 0 aromatic carbocycles. The predicted octanol–water partition coefficient (Wildman–Crippen LogP) is 0.898. The van der Waals surface area contributed by atoms with Gasteiger partial charge in [0, 0.05) is 11.5 Å². The fourth-order valence-corrected chi connectivity index (χ4v) is 2.13. The average Bonchev–Trinajstić information content (AvgIpc) is 2.66. The zero-order chi connectivity index (χ0) is 10.8. The highest BCUT2D eigenvalue weighted by Crippen LogP contribution is 2.27. The first-order valence-corrected chi connectivity index (χ1v) is 5.89. The summed E-state index contributed by atoms with van der Waals surface area (Å²) in [6, 6.07) is 1.60. The van der Waals surface area contributed by atoms with E-state index in [4.69, 9.17) is 10.5 Å². The molecule has 0 saturated carbocycles. The molecule has 1 aromatic rings. The maximum atomic E-state index is 11.5. The number of nitrogen functional groups attached to an aromatic ring is 1. The van der Waals surface area contributed by atoms with Crippen LogP contribution in [0.4, 0.5) is 5.82 Å². The largest absolute Gasteiger partial charge is 0.383 e. The Labute approximate surface area is 95.4 Å². The van der Waals surface area contributed by atoms with E-state index in [9.17, 15) is 4.79 Å². The van der Waals surface area contributed by atoms with Crippen molar-refractivity contribution in [3.8, 4) is 0 Å². The highest BCUT2D eigenvalue weighted by atomic mass is 79.9. The zero-order valence-electron chi connectivity index (χ0n) is 8.10. The summed E-state index contributed by atoms with van der Waals surface area (Å²) in [6.45, 7) is 0. The molecule has 82 valence electrons. The average molecular weight is 274 g/mol. The van der Waals surface area contributed by atoms with Gasteiger partial charge in [-0.2, -0.15) is 4.98 Å². The van der Waals surface area contributed by atoms with Gasteiger partial charge in [-0.1, -0.05) is 15.9 Å². The van der Waals surface area contributed by atoms with Crippen LogP contribution in [0, 0.1) is 0 Å². The van der Waals surface area contributed by atoms with Crippen LogP contribution in [-0.2, 0) is 4.74 Å². The first kappa shape index (κ1) is 10.6. The standard InChI is InChI=1S/C9H12BrN3O2/c10-5-6-1-2-8(15-6)13-4-3-7(11)12-9(13)14/h3-4,6,8H,1-2,5H2,(H2,11,12,14)/t6-,8-/m1/s1. The van der Waals surface area contributed by atoms with E-state index in [-0.39, 0.29) is 23.8 Å². The Morgan fingerprint density at radius 2 is 2.47 bits per heavy atom. The summed E-state index contributed by atoms with van der Waals surface area (Å²) in [5, 5.41) is 0.792. The number of ether oxygens (including phenoxy) is 1. The second kappa shape index (κ2) is 4.32. The van der Waals surface area contributed by atoms with E-state index < -0.39 is 0 Å². The van der Waals surface area contributed by atoms with Gasteiger partial charge in [-0.15, -0.1) is 0 Å². The quantitative estimate of drug-likeness (QED) is 0.813. The van der Waals surface area contributed by atoms with Gasteiger partial charge in [0.25, 0.3) is 0 Å². The van der Waals surface area contributed by atoms with Crippen molar-refractivity contribution in [2.24, 2.45) is 0 Å². The number of hydrogen-bond donors (Lipinski definition) is 1. The number of alkyl halides is 1. The Bertz CT molecular complexity index is 407. The molecule has 1 aromatic heterocycles. The van der Waals surface area contributed by atoms with Crippen molar-refractivity contribution in [3.05, 3.63) is 22.7 Å². The summed E-state index contributed by atoms with van der Waals surface area (Å²) in [7, 11) is 0. The van der Waals surface area contributed by atoms with Crippen molar-refractivity contribution in [1.29, 1.82) is 0 Å². The molecule has 0 aliphatic carbocycles. The molecule has 0 amide bonds. The lowest BCUT2D eigenvalue weighted by Crippen LogP contribution is -2.27. The minimum absolute atomic E-state index is 0.180. The van der Waals surface area contributed by atoms with E-state index in [1.807, 2.05) is 0 Å². The highest BCUT2D eigenvalue weighted by Gasteiger charge is 2.26. The number of aromatic nitrogens is 2. The molecular weight excluding hydrogens is 262 g/mol. The molecule has 2 heterocycles. The second-order valence-corrected chi connectivity index (χ2v) is 4.13. The maximum Gasteiger partial charge on any atom is 0.351 e. The van der Waals surface area contributed by atoms with E-state index in [0.717, 1.165) is 18.2 Å². The third kappa shape index (κ3) is 2.21. The molecule has 6 heteroatoms. The van der Waals surface area contributed by atoms with Crippen molar-refractivity contribution >= 4 is 21.7 Å². The molecular formula is C9H12BrN3O2. The van der Waals surface area contributed by atoms with Crippen LogP contribution < -0.4 is 11.4 Å². The molecule has 0 spiro atoms. The van der Waals surface area contributed by atoms with Gasteiger partial charge >= 0.3 is 5.69 Å². The number of anilines is 1. The zero-order valence-corrected chi connectivity index (χ0v) is 9.68. The van der Waals surface area contributed by atoms with Crippen molar-refractivity contribution < 1.29 is 4.74 Å². The van der Waals surface area contributed by atoms with E-state index in [1.165, 1.54) is 4.57 Å². The molecule has 0 radical (unpaired) electrons. The minimum atomic E-state index is -0.352. The Hall–Kier alpha value is -0.880. The van der Waals surface area contributed by atoms with E-state index in [1.54, 1.807) is 12.3 Å². The Balaban J connectivity index is 2.20. The third-order valence-electron chi connectivity index (χ3n) is 2.42. The van der Waals surface area contributed by atoms with Crippen LogP contribution in [-0.4, -0.2) is 21.0 Å². The second-order valence-electron chi connectivity index (χ2n) is 3.49.